The van der Waals surface area contributed by atoms with Crippen molar-refractivity contribution in [1.82, 2.24) is 10.4 Å². The second kappa shape index (κ2) is 4.70. The summed E-state index contributed by atoms with van der Waals surface area (Å²) in [5.74, 6) is -0.471. The van der Waals surface area contributed by atoms with Gasteiger partial charge in [-0.05, 0) is 17.7 Å². The van der Waals surface area contributed by atoms with E-state index in [-0.39, 0.29) is 5.56 Å². The van der Waals surface area contributed by atoms with Gasteiger partial charge in [0, 0.05) is 20.6 Å². The molecular formula is C10H12FN3. The highest BCUT2D eigenvalue weighted by atomic mass is 19.1. The number of benzene rings is 1. The first-order chi connectivity index (χ1) is 6.63. The Morgan fingerprint density at radius 2 is 2.21 bits per heavy atom. The SMILES string of the molecule is CN(C)NCc1ccc(F)c(C#N)c1. The molecule has 14 heavy (non-hydrogen) atoms. The summed E-state index contributed by atoms with van der Waals surface area (Å²) in [5.41, 5.74) is 4.01. The first kappa shape index (κ1) is 10.6. The predicted molar refractivity (Wildman–Crippen MR) is 51.6 cm³/mol. The summed E-state index contributed by atoms with van der Waals surface area (Å²) < 4.78 is 12.9. The number of nitrogens with one attached hydrogen (secondary N) is 1. The van der Waals surface area contributed by atoms with Crippen LogP contribution in [0.3, 0.4) is 0 Å². The molecule has 0 saturated carbocycles. The molecule has 1 aromatic rings. The third kappa shape index (κ3) is 2.80. The molecule has 1 N–H and O–H groups in total. The fourth-order valence-electron chi connectivity index (χ4n) is 1.02. The van der Waals surface area contributed by atoms with Gasteiger partial charge in [0.15, 0.2) is 0 Å². The average Bonchev–Trinajstić information content (AvgIpc) is 2.16. The van der Waals surface area contributed by atoms with Crippen molar-refractivity contribution in [3.63, 3.8) is 0 Å². The largest absolute Gasteiger partial charge is 0.251 e. The number of hydrazine groups is 1. The Morgan fingerprint density at radius 1 is 1.50 bits per heavy atom. The summed E-state index contributed by atoms with van der Waals surface area (Å²) in [6.07, 6.45) is 0. The number of nitrogens with zero attached hydrogens (tertiary/aromatic N) is 2. The Kier molecular flexibility index (Phi) is 3.57. The van der Waals surface area contributed by atoms with Crippen molar-refractivity contribution in [2.24, 2.45) is 0 Å². The summed E-state index contributed by atoms with van der Waals surface area (Å²) in [7, 11) is 3.74. The highest BCUT2D eigenvalue weighted by Crippen LogP contribution is 2.09. The Morgan fingerprint density at radius 3 is 2.79 bits per heavy atom. The van der Waals surface area contributed by atoms with Crippen molar-refractivity contribution < 1.29 is 4.39 Å². The lowest BCUT2D eigenvalue weighted by Crippen LogP contribution is -2.29. The van der Waals surface area contributed by atoms with Crippen LogP contribution in [0.4, 0.5) is 4.39 Å². The molecular weight excluding hydrogens is 181 g/mol. The first-order valence-electron chi connectivity index (χ1n) is 4.23. The molecule has 0 aliphatic carbocycles. The molecule has 0 bridgehead atoms. The van der Waals surface area contributed by atoms with Crippen LogP contribution >= 0.6 is 0 Å². The molecule has 1 rings (SSSR count). The molecule has 0 fully saturated rings. The number of rotatable bonds is 3. The van der Waals surface area contributed by atoms with Crippen molar-refractivity contribution in [2.45, 2.75) is 6.54 Å². The van der Waals surface area contributed by atoms with Gasteiger partial charge in [0.25, 0.3) is 0 Å². The summed E-state index contributed by atoms with van der Waals surface area (Å²) in [6, 6.07) is 6.32. The van der Waals surface area contributed by atoms with Crippen LogP contribution in [-0.2, 0) is 6.54 Å². The zero-order valence-electron chi connectivity index (χ0n) is 8.21. The van der Waals surface area contributed by atoms with Gasteiger partial charge in [-0.25, -0.2) is 4.39 Å². The van der Waals surface area contributed by atoms with Crippen LogP contribution in [0.5, 0.6) is 0 Å². The van der Waals surface area contributed by atoms with Gasteiger partial charge in [0.05, 0.1) is 5.56 Å². The van der Waals surface area contributed by atoms with E-state index in [1.54, 1.807) is 23.2 Å². The second-order valence-corrected chi connectivity index (χ2v) is 3.16. The normalized spacial score (nSPS) is 10.2. The third-order valence-corrected chi connectivity index (χ3v) is 1.75. The summed E-state index contributed by atoms with van der Waals surface area (Å²) in [6.45, 7) is 0.585. The average molecular weight is 193 g/mol. The standard InChI is InChI=1S/C10H12FN3/c1-14(2)13-7-8-3-4-10(11)9(5-8)6-12/h3-5,13H,7H2,1-2H3. The van der Waals surface area contributed by atoms with Gasteiger partial charge < -0.3 is 0 Å². The van der Waals surface area contributed by atoms with Crippen LogP contribution in [-0.4, -0.2) is 19.1 Å². The molecule has 0 amide bonds. The smallest absolute Gasteiger partial charge is 0.140 e. The van der Waals surface area contributed by atoms with Gasteiger partial charge in [-0.3, -0.25) is 10.4 Å². The molecule has 3 nitrogen and oxygen atoms in total. The Balaban J connectivity index is 2.76. The van der Waals surface area contributed by atoms with E-state index in [1.807, 2.05) is 14.1 Å². The highest BCUT2D eigenvalue weighted by Gasteiger charge is 2.02. The molecule has 0 radical (unpaired) electrons. The monoisotopic (exact) mass is 193 g/mol. The number of hydrogen-bond acceptors (Lipinski definition) is 3. The van der Waals surface area contributed by atoms with Crippen LogP contribution in [0.2, 0.25) is 0 Å². The number of nitriles is 1. The Labute approximate surface area is 82.7 Å². The van der Waals surface area contributed by atoms with Gasteiger partial charge in [-0.1, -0.05) is 6.07 Å². The molecule has 74 valence electrons. The maximum atomic E-state index is 12.9. The zero-order valence-corrected chi connectivity index (χ0v) is 8.21. The van der Waals surface area contributed by atoms with Gasteiger partial charge in [0.2, 0.25) is 0 Å². The van der Waals surface area contributed by atoms with Gasteiger partial charge in [-0.2, -0.15) is 5.26 Å². The van der Waals surface area contributed by atoms with E-state index in [4.69, 9.17) is 5.26 Å². The van der Waals surface area contributed by atoms with Crippen molar-refractivity contribution >= 4 is 0 Å². The first-order valence-corrected chi connectivity index (χ1v) is 4.23. The summed E-state index contributed by atoms with van der Waals surface area (Å²) in [5, 5.41) is 10.4. The van der Waals surface area contributed by atoms with E-state index in [2.05, 4.69) is 5.43 Å². The van der Waals surface area contributed by atoms with Crippen LogP contribution in [0.25, 0.3) is 0 Å². The molecule has 4 heteroatoms. The molecule has 0 aromatic heterocycles. The zero-order chi connectivity index (χ0) is 10.6. The third-order valence-electron chi connectivity index (χ3n) is 1.75. The molecule has 0 saturated heterocycles. The minimum atomic E-state index is -0.471. The fourth-order valence-corrected chi connectivity index (χ4v) is 1.02. The van der Waals surface area contributed by atoms with Crippen molar-refractivity contribution in [3.8, 4) is 6.07 Å². The van der Waals surface area contributed by atoms with Gasteiger partial charge >= 0.3 is 0 Å². The molecule has 0 unspecified atom stereocenters. The number of halogens is 1. The maximum Gasteiger partial charge on any atom is 0.140 e. The van der Waals surface area contributed by atoms with E-state index in [0.29, 0.717) is 6.54 Å². The lowest BCUT2D eigenvalue weighted by atomic mass is 10.1. The predicted octanol–water partition coefficient (Wildman–Crippen LogP) is 1.26. The van der Waals surface area contributed by atoms with E-state index < -0.39 is 5.82 Å². The van der Waals surface area contributed by atoms with Gasteiger partial charge in [0.1, 0.15) is 11.9 Å². The van der Waals surface area contributed by atoms with Crippen LogP contribution < -0.4 is 5.43 Å². The Bertz CT molecular complexity index is 355. The van der Waals surface area contributed by atoms with Crippen molar-refractivity contribution in [3.05, 3.63) is 35.1 Å². The Hall–Kier alpha value is -1.44. The van der Waals surface area contributed by atoms with E-state index in [9.17, 15) is 4.39 Å². The minimum absolute atomic E-state index is 0.0862. The van der Waals surface area contributed by atoms with Crippen LogP contribution in [0.1, 0.15) is 11.1 Å². The fraction of sp³-hybridized carbons (Fsp3) is 0.300. The topological polar surface area (TPSA) is 39.1 Å². The number of hydrogen-bond donors (Lipinski definition) is 1. The molecule has 0 atom stereocenters. The molecule has 0 aliphatic rings. The molecule has 0 aliphatic heterocycles. The molecule has 0 spiro atoms. The van der Waals surface area contributed by atoms with E-state index >= 15 is 0 Å². The van der Waals surface area contributed by atoms with E-state index in [0.717, 1.165) is 5.56 Å². The molecule has 0 heterocycles. The van der Waals surface area contributed by atoms with Crippen LogP contribution in [0.15, 0.2) is 18.2 Å². The lowest BCUT2D eigenvalue weighted by molar-refractivity contribution is 0.286. The van der Waals surface area contributed by atoms with Crippen LogP contribution in [0, 0.1) is 17.1 Å². The molecule has 1 aromatic carbocycles. The van der Waals surface area contributed by atoms with Gasteiger partial charge in [-0.15, -0.1) is 0 Å². The minimum Gasteiger partial charge on any atom is -0.251 e. The quantitative estimate of drug-likeness (QED) is 0.734. The van der Waals surface area contributed by atoms with Crippen molar-refractivity contribution in [2.75, 3.05) is 14.1 Å². The second-order valence-electron chi connectivity index (χ2n) is 3.16. The highest BCUT2D eigenvalue weighted by molar-refractivity contribution is 5.34. The van der Waals surface area contributed by atoms with E-state index in [1.165, 1.54) is 6.07 Å². The lowest BCUT2D eigenvalue weighted by Gasteiger charge is -2.11. The summed E-state index contributed by atoms with van der Waals surface area (Å²) >= 11 is 0. The van der Waals surface area contributed by atoms with Crippen molar-refractivity contribution in [1.29, 1.82) is 5.26 Å². The maximum absolute atomic E-state index is 12.9. The summed E-state index contributed by atoms with van der Waals surface area (Å²) in [4.78, 5) is 0.